The molecule has 3 fully saturated rings. The highest BCUT2D eigenvalue weighted by Gasteiger charge is 2.46. The highest BCUT2D eigenvalue weighted by Crippen LogP contribution is 2.47. The number of amides is 1. The number of ether oxygens (including phenoxy) is 1. The third-order valence-electron chi connectivity index (χ3n) is 9.95. The number of aromatic nitrogens is 1. The van der Waals surface area contributed by atoms with Crippen molar-refractivity contribution in [2.75, 3.05) is 22.5 Å². The number of fused-ring (bicyclic) bond motifs is 2. The minimum Gasteiger partial charge on any atom is -0.373 e. The van der Waals surface area contributed by atoms with E-state index in [0.29, 0.717) is 52.5 Å². The Labute approximate surface area is 306 Å². The van der Waals surface area contributed by atoms with E-state index in [1.807, 2.05) is 4.90 Å². The van der Waals surface area contributed by atoms with Crippen LogP contribution in [0.4, 0.5) is 10.1 Å². The molecule has 2 bridgehead atoms. The van der Waals surface area contributed by atoms with Crippen LogP contribution in [-0.2, 0) is 21.4 Å². The second kappa shape index (κ2) is 16.4. The van der Waals surface area contributed by atoms with Crippen molar-refractivity contribution in [3.63, 3.8) is 0 Å². The first kappa shape index (κ1) is 36.6. The van der Waals surface area contributed by atoms with E-state index in [2.05, 4.69) is 25.8 Å². The Morgan fingerprint density at radius 2 is 1.71 bits per heavy atom. The van der Waals surface area contributed by atoms with Gasteiger partial charge < -0.3 is 14.2 Å². The van der Waals surface area contributed by atoms with Crippen LogP contribution in [0.2, 0.25) is 10.0 Å². The molecule has 2 saturated carbocycles. The zero-order valence-electron chi connectivity index (χ0n) is 27.4. The highest BCUT2D eigenvalue weighted by molar-refractivity contribution is 9.09. The van der Waals surface area contributed by atoms with Gasteiger partial charge in [-0.15, -0.1) is 0 Å². The molecule has 0 radical (unpaired) electrons. The van der Waals surface area contributed by atoms with Crippen molar-refractivity contribution in [2.24, 2.45) is 5.92 Å². The number of alkyl halides is 1. The number of halogens is 4. The molecule has 1 aliphatic heterocycles. The van der Waals surface area contributed by atoms with Crippen LogP contribution in [0, 0.1) is 11.7 Å². The number of sulfonamides is 1. The molecule has 8 nitrogen and oxygen atoms in total. The molecule has 266 valence electrons. The second-order valence-electron chi connectivity index (χ2n) is 13.6. The number of unbranched alkanes of at least 4 members (excludes halogenated alkanes) is 7. The van der Waals surface area contributed by atoms with Crippen molar-refractivity contribution in [3.05, 3.63) is 69.1 Å². The lowest BCUT2D eigenvalue weighted by Crippen LogP contribution is -2.39. The summed E-state index contributed by atoms with van der Waals surface area (Å²) in [4.78, 5) is 14.8. The van der Waals surface area contributed by atoms with E-state index in [0.717, 1.165) is 74.1 Å². The molecule has 3 atom stereocenters. The number of rotatable bonds is 18. The fourth-order valence-corrected chi connectivity index (χ4v) is 9.28. The lowest BCUT2D eigenvalue weighted by molar-refractivity contribution is 0.0122. The first-order valence-corrected chi connectivity index (χ1v) is 20.9. The van der Waals surface area contributed by atoms with Crippen LogP contribution >= 0.6 is 39.1 Å². The van der Waals surface area contributed by atoms with Gasteiger partial charge in [-0.05, 0) is 68.9 Å². The number of benzene rings is 2. The largest absolute Gasteiger partial charge is 0.373 e. The van der Waals surface area contributed by atoms with Crippen molar-refractivity contribution >= 4 is 60.7 Å². The molecular formula is C36H43BrCl2FN3O5S. The zero-order valence-corrected chi connectivity index (χ0v) is 31.4. The predicted octanol–water partition coefficient (Wildman–Crippen LogP) is 9.42. The molecule has 2 heterocycles. The number of hydrogen-bond acceptors (Lipinski definition) is 7. The van der Waals surface area contributed by atoms with Crippen molar-refractivity contribution in [3.8, 4) is 11.3 Å². The molecule has 0 spiro atoms. The number of nitrogens with one attached hydrogen (secondary N) is 1. The summed E-state index contributed by atoms with van der Waals surface area (Å²) < 4.78 is 54.9. The van der Waals surface area contributed by atoms with Gasteiger partial charge in [0, 0.05) is 46.4 Å². The van der Waals surface area contributed by atoms with Crippen molar-refractivity contribution in [2.45, 2.75) is 102 Å². The van der Waals surface area contributed by atoms with E-state index in [1.54, 1.807) is 24.3 Å². The van der Waals surface area contributed by atoms with Crippen LogP contribution in [0.1, 0.15) is 105 Å². The summed E-state index contributed by atoms with van der Waals surface area (Å²) in [5.41, 5.74) is 2.52. The molecular weight excluding hydrogens is 756 g/mol. The van der Waals surface area contributed by atoms with Gasteiger partial charge in [-0.25, -0.2) is 17.5 Å². The third kappa shape index (κ3) is 9.01. The molecule has 2 aromatic carbocycles. The Morgan fingerprint density at radius 1 is 1.02 bits per heavy atom. The summed E-state index contributed by atoms with van der Waals surface area (Å²) in [5.74, 6) is -0.137. The van der Waals surface area contributed by atoms with Crippen LogP contribution in [0.3, 0.4) is 0 Å². The van der Waals surface area contributed by atoms with Crippen LogP contribution in [0.25, 0.3) is 11.3 Å². The maximum atomic E-state index is 15.4. The molecule has 6 rings (SSSR count). The molecule has 1 aromatic heterocycles. The summed E-state index contributed by atoms with van der Waals surface area (Å²) >= 11 is 16.5. The first-order chi connectivity index (χ1) is 23.6. The number of piperidine rings is 1. The van der Waals surface area contributed by atoms with Crippen molar-refractivity contribution < 1.29 is 26.9 Å². The van der Waals surface area contributed by atoms with E-state index in [-0.39, 0.29) is 29.4 Å². The Balaban J connectivity index is 1.00. The topological polar surface area (TPSA) is 102 Å². The Kier molecular flexibility index (Phi) is 12.3. The minimum atomic E-state index is -3.81. The van der Waals surface area contributed by atoms with Gasteiger partial charge in [0.15, 0.2) is 0 Å². The molecule has 1 N–H and O–H groups in total. The lowest BCUT2D eigenvalue weighted by atomic mass is 10.0. The highest BCUT2D eigenvalue weighted by atomic mass is 79.9. The molecule has 3 aromatic rings. The zero-order chi connectivity index (χ0) is 34.5. The number of carbonyl (C=O) groups is 1. The van der Waals surface area contributed by atoms with Gasteiger partial charge in [-0.2, -0.15) is 0 Å². The summed E-state index contributed by atoms with van der Waals surface area (Å²) in [6, 6.07) is 9.63. The van der Waals surface area contributed by atoms with Gasteiger partial charge in [0.25, 0.3) is 5.91 Å². The van der Waals surface area contributed by atoms with Gasteiger partial charge in [-0.1, -0.05) is 88.9 Å². The molecule has 1 amide bonds. The average molecular weight is 800 g/mol. The number of carbonyl (C=O) groups excluding carboxylic acids is 1. The standard InChI is InChI=1S/C36H43BrCl2FN3O5S/c37-16-7-5-3-1-2-4-6-8-17-49(45,46)42-36(44)24-14-15-31(30(40)19-24)43-21-25-18-26(43)20-32(25)47-22-27-34(41-48-35(27)23-12-13-23)33-28(38)10-9-11-29(33)39/h9-11,14-15,19,23,25-26,32H,1-8,12-13,16-18,20-22H2,(H,42,44)/t25-,26-,32+/m0/s1. The summed E-state index contributed by atoms with van der Waals surface area (Å²) in [6.45, 7) is 0.935. The van der Waals surface area contributed by atoms with Gasteiger partial charge in [0.05, 0.1) is 34.2 Å². The number of hydrogen-bond donors (Lipinski definition) is 1. The summed E-state index contributed by atoms with van der Waals surface area (Å²) in [7, 11) is -3.81. The summed E-state index contributed by atoms with van der Waals surface area (Å²) in [5, 5.41) is 6.39. The summed E-state index contributed by atoms with van der Waals surface area (Å²) in [6.07, 6.45) is 11.7. The van der Waals surface area contributed by atoms with Crippen LogP contribution < -0.4 is 9.62 Å². The van der Waals surface area contributed by atoms with Crippen LogP contribution in [-0.4, -0.2) is 49.3 Å². The average Bonchev–Trinajstić information content (AvgIpc) is 3.52. The fraction of sp³-hybridized carbons (Fsp3) is 0.556. The quantitative estimate of drug-likeness (QED) is 0.101. The lowest BCUT2D eigenvalue weighted by Gasteiger charge is -2.33. The molecule has 1 saturated heterocycles. The maximum Gasteiger partial charge on any atom is 0.264 e. The second-order valence-corrected chi connectivity index (χ2v) is 17.0. The normalized spacial score (nSPS) is 20.3. The molecule has 13 heteroatoms. The van der Waals surface area contributed by atoms with Gasteiger partial charge in [0.1, 0.15) is 17.3 Å². The van der Waals surface area contributed by atoms with Gasteiger partial charge in [-0.3, -0.25) is 4.79 Å². The minimum absolute atomic E-state index is 0.0137. The third-order valence-corrected chi connectivity index (χ3v) is 12.5. The Bertz CT molecular complexity index is 1720. The first-order valence-electron chi connectivity index (χ1n) is 17.4. The maximum absolute atomic E-state index is 15.4. The van der Waals surface area contributed by atoms with E-state index >= 15 is 4.39 Å². The predicted molar refractivity (Wildman–Crippen MR) is 195 cm³/mol. The van der Waals surface area contributed by atoms with E-state index in [1.165, 1.54) is 25.3 Å². The molecule has 0 unspecified atom stereocenters. The monoisotopic (exact) mass is 797 g/mol. The Hall–Kier alpha value is -2.18. The molecule has 2 aliphatic carbocycles. The fourth-order valence-electron chi connectivity index (χ4n) is 7.22. The smallest absolute Gasteiger partial charge is 0.264 e. The van der Waals surface area contributed by atoms with Crippen LogP contribution in [0.5, 0.6) is 0 Å². The molecule has 3 aliphatic rings. The van der Waals surface area contributed by atoms with Crippen LogP contribution in [0.15, 0.2) is 40.9 Å². The van der Waals surface area contributed by atoms with E-state index in [9.17, 15) is 13.2 Å². The number of anilines is 1. The van der Waals surface area contributed by atoms with Crippen molar-refractivity contribution in [1.82, 2.24) is 9.88 Å². The van der Waals surface area contributed by atoms with E-state index in [4.69, 9.17) is 32.5 Å². The SMILES string of the molecule is O=C(NS(=O)(=O)CCCCCCCCCCBr)c1ccc(N2C[C@@H]3C[C@H]2C[C@H]3OCc2c(-c3c(Cl)cccc3Cl)noc2C2CC2)c(F)c1. The van der Waals surface area contributed by atoms with E-state index < -0.39 is 21.7 Å². The van der Waals surface area contributed by atoms with Gasteiger partial charge >= 0.3 is 0 Å². The van der Waals surface area contributed by atoms with Gasteiger partial charge in [0.2, 0.25) is 10.0 Å². The van der Waals surface area contributed by atoms with Crippen molar-refractivity contribution in [1.29, 1.82) is 0 Å². The molecule has 49 heavy (non-hydrogen) atoms. The number of nitrogens with zero attached hydrogens (tertiary/aromatic N) is 2. The Morgan fingerprint density at radius 3 is 2.35 bits per heavy atom.